The van der Waals surface area contributed by atoms with Crippen molar-refractivity contribution in [3.8, 4) is 0 Å². The van der Waals surface area contributed by atoms with Crippen LogP contribution in [-0.2, 0) is 17.9 Å². The van der Waals surface area contributed by atoms with Crippen molar-refractivity contribution in [1.29, 1.82) is 0 Å². The zero-order valence-electron chi connectivity index (χ0n) is 17.5. The number of benzene rings is 2. The quantitative estimate of drug-likeness (QED) is 0.374. The summed E-state index contributed by atoms with van der Waals surface area (Å²) in [5, 5.41) is 5.04. The van der Waals surface area contributed by atoms with Crippen LogP contribution in [0.5, 0.6) is 0 Å². The van der Waals surface area contributed by atoms with Gasteiger partial charge >= 0.3 is 0 Å². The predicted molar refractivity (Wildman–Crippen MR) is 125 cm³/mol. The Morgan fingerprint density at radius 3 is 2.28 bits per heavy atom. The Balaban J connectivity index is 1.54. The molecule has 2 heterocycles. The van der Waals surface area contributed by atoms with Gasteiger partial charge in [0.25, 0.3) is 5.91 Å². The van der Waals surface area contributed by atoms with Crippen molar-refractivity contribution in [1.82, 2.24) is 10.2 Å². The Labute approximate surface area is 191 Å². The normalized spacial score (nSPS) is 11.6. The lowest BCUT2D eigenvalue weighted by Crippen LogP contribution is -2.36. The van der Waals surface area contributed by atoms with E-state index in [1.807, 2.05) is 78.2 Å². The Morgan fingerprint density at radius 1 is 0.875 bits per heavy atom. The van der Waals surface area contributed by atoms with Crippen molar-refractivity contribution >= 4 is 23.2 Å². The SMILES string of the molecule is O=C(NC(CC(=O)N(Cc1ccco1)Cc1cccs1)c1ccccc1)c1ccccc1. The highest BCUT2D eigenvalue weighted by Crippen LogP contribution is 2.22. The third-order valence-electron chi connectivity index (χ3n) is 5.13. The van der Waals surface area contributed by atoms with E-state index in [4.69, 9.17) is 4.42 Å². The number of nitrogens with zero attached hydrogens (tertiary/aromatic N) is 1. The molecule has 0 saturated carbocycles. The summed E-state index contributed by atoms with van der Waals surface area (Å²) in [5.41, 5.74) is 1.45. The van der Waals surface area contributed by atoms with Gasteiger partial charge in [0.05, 0.1) is 31.8 Å². The second-order valence-electron chi connectivity index (χ2n) is 7.42. The highest BCUT2D eigenvalue weighted by Gasteiger charge is 2.24. The van der Waals surface area contributed by atoms with Gasteiger partial charge < -0.3 is 14.6 Å². The fourth-order valence-corrected chi connectivity index (χ4v) is 4.21. The molecule has 0 fully saturated rings. The minimum Gasteiger partial charge on any atom is -0.467 e. The maximum atomic E-state index is 13.4. The molecular weight excluding hydrogens is 420 g/mol. The number of furan rings is 1. The van der Waals surface area contributed by atoms with Crippen molar-refractivity contribution in [2.75, 3.05) is 0 Å². The Kier molecular flexibility index (Phi) is 7.15. The van der Waals surface area contributed by atoms with Crippen LogP contribution in [0.3, 0.4) is 0 Å². The molecular formula is C26H24N2O3S. The van der Waals surface area contributed by atoms with E-state index < -0.39 is 6.04 Å². The van der Waals surface area contributed by atoms with Crippen LogP contribution in [0.2, 0.25) is 0 Å². The van der Waals surface area contributed by atoms with E-state index in [0.29, 0.717) is 18.7 Å². The molecule has 1 N–H and O–H groups in total. The number of carbonyl (C=O) groups is 2. The number of amides is 2. The Bertz CT molecular complexity index is 1070. The lowest BCUT2D eigenvalue weighted by molar-refractivity contribution is -0.133. The molecule has 2 aromatic carbocycles. The molecule has 162 valence electrons. The first-order valence-corrected chi connectivity index (χ1v) is 11.3. The average molecular weight is 445 g/mol. The van der Waals surface area contributed by atoms with E-state index in [9.17, 15) is 9.59 Å². The minimum atomic E-state index is -0.446. The van der Waals surface area contributed by atoms with Gasteiger partial charge in [-0.05, 0) is 41.3 Å². The molecule has 4 rings (SSSR count). The van der Waals surface area contributed by atoms with Crippen LogP contribution in [0.4, 0.5) is 0 Å². The molecule has 2 amide bonds. The largest absolute Gasteiger partial charge is 0.467 e. The van der Waals surface area contributed by atoms with Gasteiger partial charge in [-0.1, -0.05) is 54.6 Å². The monoisotopic (exact) mass is 444 g/mol. The first-order valence-electron chi connectivity index (χ1n) is 10.4. The van der Waals surface area contributed by atoms with Gasteiger partial charge in [-0.2, -0.15) is 0 Å². The lowest BCUT2D eigenvalue weighted by Gasteiger charge is -2.25. The van der Waals surface area contributed by atoms with E-state index >= 15 is 0 Å². The van der Waals surface area contributed by atoms with Crippen LogP contribution in [0.25, 0.3) is 0 Å². The fourth-order valence-electron chi connectivity index (χ4n) is 3.49. The highest BCUT2D eigenvalue weighted by atomic mass is 32.1. The van der Waals surface area contributed by atoms with Crippen LogP contribution in [0, 0.1) is 0 Å². The molecule has 0 aliphatic rings. The van der Waals surface area contributed by atoms with Gasteiger partial charge in [0.1, 0.15) is 5.76 Å². The number of hydrogen-bond donors (Lipinski definition) is 1. The average Bonchev–Trinajstić information content (AvgIpc) is 3.54. The molecule has 0 aliphatic carbocycles. The van der Waals surface area contributed by atoms with Gasteiger partial charge in [-0.25, -0.2) is 0 Å². The molecule has 5 nitrogen and oxygen atoms in total. The second-order valence-corrected chi connectivity index (χ2v) is 8.45. The first-order chi connectivity index (χ1) is 15.7. The van der Waals surface area contributed by atoms with Gasteiger partial charge in [-0.15, -0.1) is 11.3 Å². The number of hydrogen-bond acceptors (Lipinski definition) is 4. The molecule has 1 atom stereocenters. The van der Waals surface area contributed by atoms with Gasteiger partial charge in [0.15, 0.2) is 0 Å². The number of carbonyl (C=O) groups excluding carboxylic acids is 2. The molecule has 0 bridgehead atoms. The maximum Gasteiger partial charge on any atom is 0.251 e. The molecule has 4 aromatic rings. The Morgan fingerprint density at radius 2 is 1.62 bits per heavy atom. The van der Waals surface area contributed by atoms with Crippen molar-refractivity contribution in [2.45, 2.75) is 25.6 Å². The van der Waals surface area contributed by atoms with Crippen molar-refractivity contribution < 1.29 is 14.0 Å². The Hall–Kier alpha value is -3.64. The van der Waals surface area contributed by atoms with Crippen molar-refractivity contribution in [2.24, 2.45) is 0 Å². The summed E-state index contributed by atoms with van der Waals surface area (Å²) in [5.74, 6) is 0.458. The smallest absolute Gasteiger partial charge is 0.251 e. The summed E-state index contributed by atoms with van der Waals surface area (Å²) in [6.45, 7) is 0.864. The van der Waals surface area contributed by atoms with Crippen molar-refractivity contribution in [3.63, 3.8) is 0 Å². The van der Waals surface area contributed by atoms with Crippen LogP contribution in [-0.4, -0.2) is 16.7 Å². The summed E-state index contributed by atoms with van der Waals surface area (Å²) in [4.78, 5) is 29.1. The van der Waals surface area contributed by atoms with Gasteiger partial charge in [0, 0.05) is 10.4 Å². The van der Waals surface area contributed by atoms with E-state index in [2.05, 4.69) is 5.32 Å². The molecule has 2 aromatic heterocycles. The number of thiophene rings is 1. The lowest BCUT2D eigenvalue weighted by atomic mass is 10.0. The second kappa shape index (κ2) is 10.6. The summed E-state index contributed by atoms with van der Waals surface area (Å²) in [6.07, 6.45) is 1.75. The third kappa shape index (κ3) is 5.74. The highest BCUT2D eigenvalue weighted by molar-refractivity contribution is 7.09. The van der Waals surface area contributed by atoms with Crippen LogP contribution in [0.15, 0.2) is 101 Å². The number of nitrogens with one attached hydrogen (secondary N) is 1. The van der Waals surface area contributed by atoms with Crippen molar-refractivity contribution in [3.05, 3.63) is 118 Å². The van der Waals surface area contributed by atoms with Crippen LogP contribution >= 0.6 is 11.3 Å². The standard InChI is InChI=1S/C26H24N2O3S/c29-25(28(18-22-13-7-15-31-22)19-23-14-8-16-32-23)17-24(20-9-3-1-4-10-20)27-26(30)21-11-5-2-6-12-21/h1-16,24H,17-19H2,(H,27,30). The summed E-state index contributed by atoms with van der Waals surface area (Å²) >= 11 is 1.61. The molecule has 0 spiro atoms. The molecule has 6 heteroatoms. The van der Waals surface area contributed by atoms with Crippen LogP contribution < -0.4 is 5.32 Å². The molecule has 0 radical (unpaired) electrons. The number of rotatable bonds is 9. The molecule has 0 saturated heterocycles. The summed E-state index contributed by atoms with van der Waals surface area (Å²) in [6, 6.07) is 25.9. The zero-order valence-corrected chi connectivity index (χ0v) is 18.3. The molecule has 0 aliphatic heterocycles. The van der Waals surface area contributed by atoms with Gasteiger partial charge in [-0.3, -0.25) is 9.59 Å². The molecule has 1 unspecified atom stereocenters. The summed E-state index contributed by atoms with van der Waals surface area (Å²) in [7, 11) is 0. The fraction of sp³-hybridized carbons (Fsp3) is 0.154. The minimum absolute atomic E-state index is 0.0583. The maximum absolute atomic E-state index is 13.4. The van der Waals surface area contributed by atoms with E-state index in [1.54, 1.807) is 34.6 Å². The zero-order chi connectivity index (χ0) is 22.2. The summed E-state index contributed by atoms with van der Waals surface area (Å²) < 4.78 is 5.49. The van der Waals surface area contributed by atoms with E-state index in [1.165, 1.54) is 0 Å². The predicted octanol–water partition coefficient (Wildman–Crippen LogP) is 5.43. The third-order valence-corrected chi connectivity index (χ3v) is 5.99. The van der Waals surface area contributed by atoms with Crippen LogP contribution in [0.1, 0.15) is 39.0 Å². The molecule has 32 heavy (non-hydrogen) atoms. The van der Waals surface area contributed by atoms with E-state index in [-0.39, 0.29) is 18.2 Å². The van der Waals surface area contributed by atoms with Gasteiger partial charge in [0.2, 0.25) is 5.91 Å². The first kappa shape index (κ1) is 21.6. The van der Waals surface area contributed by atoms with E-state index in [0.717, 1.165) is 16.2 Å². The topological polar surface area (TPSA) is 62.6 Å².